The number of methoxy groups -OCH3 is 2. The lowest BCUT2D eigenvalue weighted by Gasteiger charge is -2.27. The molecule has 31 nitrogen and oxygen atoms in total. The topological polar surface area (TPSA) is 389 Å². The van der Waals surface area contributed by atoms with E-state index in [0.717, 1.165) is 71.2 Å². The molecule has 2 amide bonds. The van der Waals surface area contributed by atoms with E-state index in [9.17, 15) is 45.1 Å². The van der Waals surface area contributed by atoms with Crippen LogP contribution < -0.4 is 50.3 Å². The van der Waals surface area contributed by atoms with Gasteiger partial charge in [-0.3, -0.25) is 28.3 Å². The summed E-state index contributed by atoms with van der Waals surface area (Å²) in [7, 11) is -5.90. The summed E-state index contributed by atoms with van der Waals surface area (Å²) in [5.74, 6) is 0.0159. The molecule has 4 aromatic carbocycles. The van der Waals surface area contributed by atoms with Crippen molar-refractivity contribution in [3.8, 4) is 11.5 Å². The van der Waals surface area contributed by atoms with Crippen LogP contribution in [0.1, 0.15) is 71.1 Å². The van der Waals surface area contributed by atoms with Crippen molar-refractivity contribution in [2.24, 2.45) is 20.5 Å². The van der Waals surface area contributed by atoms with Gasteiger partial charge >= 0.3 is 0 Å². The Balaban J connectivity index is 1.10. The van der Waals surface area contributed by atoms with E-state index < -0.39 is 43.6 Å². The van der Waals surface area contributed by atoms with Gasteiger partial charge in [-0.05, 0) is 121 Å². The number of ketones is 2. The second-order valence-electron chi connectivity index (χ2n) is 22.2. The quantitative estimate of drug-likeness (QED) is 0.00434. The number of carbonyl (C=O) groups excluding carboxylic acids is 4. The lowest BCUT2D eigenvalue weighted by molar-refractivity contribution is -0.120. The first-order chi connectivity index (χ1) is 48.4. The fraction of sp³-hybridized carbons (Fsp3) is 0.369. The van der Waals surface area contributed by atoms with Crippen molar-refractivity contribution in [1.82, 2.24) is 24.9 Å². The Labute approximate surface area is 596 Å². The molecule has 0 aliphatic carbocycles. The van der Waals surface area contributed by atoms with E-state index in [1.54, 1.807) is 26.4 Å². The molecule has 101 heavy (non-hydrogen) atoms. The molecule has 0 bridgehead atoms. The summed E-state index contributed by atoms with van der Waals surface area (Å²) >= 11 is 3.59. The number of unbranched alkanes of at least 4 members (excludes halogenated alkanes) is 1. The molecule has 536 valence electrons. The number of anilines is 10. The van der Waals surface area contributed by atoms with Crippen LogP contribution in [0.4, 0.5) is 79.3 Å². The average Bonchev–Trinajstić information content (AvgIpc) is 1.76. The Morgan fingerprint density at radius 2 is 0.970 bits per heavy atom. The monoisotopic (exact) mass is 1480 g/mol. The molecule has 0 atom stereocenters. The van der Waals surface area contributed by atoms with Gasteiger partial charge < -0.3 is 59.8 Å². The molecule has 2 fully saturated rings. The number of hydrogen-bond acceptors (Lipinski definition) is 30. The minimum absolute atomic E-state index is 0.114. The maximum absolute atomic E-state index is 13.8. The molecule has 36 heteroatoms. The Morgan fingerprint density at radius 1 is 0.584 bits per heavy atom. The van der Waals surface area contributed by atoms with Crippen LogP contribution in [0.2, 0.25) is 0 Å². The molecular formula is C65H77N17O14S5. The zero-order valence-electron chi connectivity index (χ0n) is 56.8. The zero-order chi connectivity index (χ0) is 72.5. The van der Waals surface area contributed by atoms with Crippen LogP contribution in [-0.2, 0) is 48.9 Å². The van der Waals surface area contributed by atoms with E-state index in [1.807, 2.05) is 49.6 Å². The highest BCUT2D eigenvalue weighted by Gasteiger charge is 2.27. The number of benzene rings is 4. The standard InChI is InChI=1S/C65H77N17O14S5/c1-10-15-32-97-63-73-61(68-47-35-51(79(11-2)12-3)53(93-8)37-49(47)75-77-64-70-57(81-24-28-95-29-25-81)55(98-64)33-45(39(6)83)59(85)66-41-16-20-43(21-17-41)100(87,88)89)72-62(74-63)69-48-36-52(80(13-4)14-5)54(94-9)38-50(48)76-78-65-71-58(82-26-30-96-31-27-82)56(99-65)34-46(40(7)84)60(86)67-42-18-22-44(23-19-42)101(90,91)92/h16-23,33-38H,10-15,24-32H2,1-9H3,(H,66,85)(H,67,86)(H,87,88,89)(H,90,91,92)(H2,68,69,72,73,74)/b45-33-,46-34+,77-75?,78-76?. The number of aromatic nitrogens is 5. The maximum Gasteiger partial charge on any atom is 0.294 e. The lowest BCUT2D eigenvalue weighted by atomic mass is 10.1. The number of rotatable bonds is 32. The van der Waals surface area contributed by atoms with Crippen molar-refractivity contribution in [3.63, 3.8) is 0 Å². The third-order valence-electron chi connectivity index (χ3n) is 15.6. The van der Waals surface area contributed by atoms with E-state index in [2.05, 4.69) is 48.2 Å². The fourth-order valence-electron chi connectivity index (χ4n) is 10.3. The molecular weight excluding hydrogens is 1400 g/mol. The predicted octanol–water partition coefficient (Wildman–Crippen LogP) is 12.1. The summed E-state index contributed by atoms with van der Waals surface area (Å²) in [5, 5.41) is 31.7. The minimum atomic E-state index is -4.50. The number of nitrogens with zero attached hydrogens (tertiary/aromatic N) is 13. The molecule has 2 aliphatic heterocycles. The summed E-state index contributed by atoms with van der Waals surface area (Å²) < 4.78 is 89.1. The molecule has 0 spiro atoms. The van der Waals surface area contributed by atoms with Gasteiger partial charge in [0.15, 0.2) is 16.7 Å². The molecule has 7 aromatic rings. The van der Waals surface area contributed by atoms with E-state index in [1.165, 1.54) is 62.0 Å². The first-order valence-corrected chi connectivity index (χ1v) is 37.5. The highest BCUT2D eigenvalue weighted by atomic mass is 32.2. The Hall–Kier alpha value is -9.40. The van der Waals surface area contributed by atoms with E-state index in [4.69, 9.17) is 54.1 Å². The van der Waals surface area contributed by atoms with Crippen LogP contribution in [-0.4, -0.2) is 173 Å². The molecule has 0 radical (unpaired) electrons. The second kappa shape index (κ2) is 34.8. The summed E-state index contributed by atoms with van der Waals surface area (Å²) in [6.07, 6.45) is 4.61. The summed E-state index contributed by atoms with van der Waals surface area (Å²) in [6, 6.07) is 16.8. The SMILES string of the molecule is CCCCSc1nc(Nc2cc(N(CC)CC)c(OC)cc2N=Nc2nc(N3CCOCC3)c(/C=C(/C(C)=O)C(=O)Nc3ccc(S(=O)(=O)O)cc3)s2)nc(Nc2cc(N(CC)CC)c(OC)cc2N=Nc2nc(N3CCOCC3)c(/C=C(\C(C)=O)C(=O)Nc3ccc(S(=O)(=O)O)cc3)s2)n1. The third-order valence-corrected chi connectivity index (χ3v) is 20.0. The zero-order valence-corrected chi connectivity index (χ0v) is 60.9. The van der Waals surface area contributed by atoms with Crippen LogP contribution in [0, 0.1) is 0 Å². The van der Waals surface area contributed by atoms with Gasteiger partial charge in [0, 0.05) is 81.6 Å². The van der Waals surface area contributed by atoms with Crippen LogP contribution >= 0.6 is 34.4 Å². The number of amides is 2. The van der Waals surface area contributed by atoms with Gasteiger partial charge in [0.2, 0.25) is 22.2 Å². The first kappa shape index (κ1) is 75.8. The van der Waals surface area contributed by atoms with Crippen LogP contribution in [0.25, 0.3) is 12.2 Å². The van der Waals surface area contributed by atoms with Gasteiger partial charge in [-0.25, -0.2) is 0 Å². The van der Waals surface area contributed by atoms with Crippen molar-refractivity contribution >= 4 is 169 Å². The second-order valence-corrected chi connectivity index (χ2v) is 28.2. The number of thioether (sulfide) groups is 1. The molecule has 2 aliphatic rings. The molecule has 9 rings (SSSR count). The van der Waals surface area contributed by atoms with E-state index in [-0.39, 0.29) is 65.8 Å². The van der Waals surface area contributed by atoms with Crippen LogP contribution in [0.5, 0.6) is 11.5 Å². The van der Waals surface area contributed by atoms with Gasteiger partial charge in [0.1, 0.15) is 34.5 Å². The van der Waals surface area contributed by atoms with Crippen molar-refractivity contribution < 1.29 is 64.1 Å². The first-order valence-electron chi connectivity index (χ1n) is 32.0. The smallest absolute Gasteiger partial charge is 0.294 e. The highest BCUT2D eigenvalue weighted by molar-refractivity contribution is 7.99. The third kappa shape index (κ3) is 19.8. The average molecular weight is 1480 g/mol. The minimum Gasteiger partial charge on any atom is -0.494 e. The largest absolute Gasteiger partial charge is 0.494 e. The van der Waals surface area contributed by atoms with Crippen LogP contribution in [0.15, 0.2) is 119 Å². The molecule has 6 N–H and O–H groups in total. The van der Waals surface area contributed by atoms with Gasteiger partial charge in [-0.15, -0.1) is 20.5 Å². The van der Waals surface area contributed by atoms with Gasteiger partial charge in [-0.1, -0.05) is 47.8 Å². The normalized spacial score (nSPS) is 13.9. The number of nitrogens with one attached hydrogen (secondary N) is 4. The highest BCUT2D eigenvalue weighted by Crippen LogP contribution is 2.45. The number of ether oxygens (including phenoxy) is 4. The van der Waals surface area contributed by atoms with E-state index in [0.29, 0.717) is 134 Å². The van der Waals surface area contributed by atoms with E-state index >= 15 is 0 Å². The number of Topliss-reactive ketones (excluding diaryl/α,β-unsaturated/α-hetero) is 2. The summed E-state index contributed by atoms with van der Waals surface area (Å²) in [5.41, 5.74) is 2.69. The molecule has 2 saturated heterocycles. The fourth-order valence-corrected chi connectivity index (χ4v) is 13.9. The molecule has 0 saturated carbocycles. The number of carbonyl (C=O) groups is 4. The van der Waals surface area contributed by atoms with Crippen molar-refractivity contribution in [2.45, 2.75) is 76.3 Å². The number of thiazole rings is 2. The van der Waals surface area contributed by atoms with Gasteiger partial charge in [-0.2, -0.15) is 41.8 Å². The Kier molecular flexibility index (Phi) is 26.1. The number of hydrogen-bond donors (Lipinski definition) is 6. The number of morpholine rings is 2. The maximum atomic E-state index is 13.8. The molecule has 5 heterocycles. The summed E-state index contributed by atoms with van der Waals surface area (Å²) in [4.78, 5) is 86.9. The van der Waals surface area contributed by atoms with Gasteiger partial charge in [0.25, 0.3) is 32.1 Å². The van der Waals surface area contributed by atoms with Gasteiger partial charge in [0.05, 0.1) is 94.1 Å². The predicted molar refractivity (Wildman–Crippen MR) is 391 cm³/mol. The Bertz CT molecular complexity index is 4240. The molecule has 0 unspecified atom stereocenters. The Morgan fingerprint density at radius 3 is 1.31 bits per heavy atom. The van der Waals surface area contributed by atoms with Crippen molar-refractivity contribution in [3.05, 3.63) is 93.7 Å². The van der Waals surface area contributed by atoms with Crippen molar-refractivity contribution in [2.75, 3.05) is 140 Å². The lowest BCUT2D eigenvalue weighted by Crippen LogP contribution is -2.36. The van der Waals surface area contributed by atoms with Crippen molar-refractivity contribution in [1.29, 1.82) is 0 Å². The number of azo groups is 2. The van der Waals surface area contributed by atoms with Crippen LogP contribution in [0.3, 0.4) is 0 Å². The molecule has 3 aromatic heterocycles. The summed E-state index contributed by atoms with van der Waals surface area (Å²) in [6.45, 7) is 18.4.